The standard InChI is InChI=1S/C32H32F3N3O/c1-21-15-22(2)17-25(16-21)30(39)38-14-12-27(36)20-31(38,18-23-7-9-26(10-8-23)32(33,34)35)19-24-11-13-37-29-6-4-3-5-28(24)29/h3-11,13,15-17,27H,12,14,18-20,36H2,1-2H3/t27-,31+/m0/s1. The van der Waals surface area contributed by atoms with E-state index in [1.165, 1.54) is 12.1 Å². The molecule has 0 radical (unpaired) electrons. The number of aryl methyl sites for hydroxylation is 2. The average Bonchev–Trinajstić information content (AvgIpc) is 2.88. The largest absolute Gasteiger partial charge is 0.416 e. The minimum absolute atomic E-state index is 0.0843. The van der Waals surface area contributed by atoms with Crippen molar-refractivity contribution in [2.75, 3.05) is 6.54 Å². The van der Waals surface area contributed by atoms with E-state index in [1.54, 1.807) is 6.20 Å². The fourth-order valence-corrected chi connectivity index (χ4v) is 6.06. The van der Waals surface area contributed by atoms with Crippen LogP contribution in [0, 0.1) is 13.8 Å². The number of piperidine rings is 1. The summed E-state index contributed by atoms with van der Waals surface area (Å²) in [6.45, 7) is 4.40. The molecule has 2 atom stereocenters. The van der Waals surface area contributed by atoms with Crippen molar-refractivity contribution in [3.8, 4) is 0 Å². The molecule has 0 aliphatic carbocycles. The molecule has 0 unspecified atom stereocenters. The summed E-state index contributed by atoms with van der Waals surface area (Å²) in [7, 11) is 0. The molecule has 7 heteroatoms. The fourth-order valence-electron chi connectivity index (χ4n) is 6.06. The molecule has 4 nitrogen and oxygen atoms in total. The highest BCUT2D eigenvalue weighted by Gasteiger charge is 2.45. The molecule has 1 aliphatic rings. The van der Waals surface area contributed by atoms with Gasteiger partial charge >= 0.3 is 6.18 Å². The minimum atomic E-state index is -4.41. The number of amides is 1. The second-order valence-corrected chi connectivity index (χ2v) is 10.8. The van der Waals surface area contributed by atoms with Crippen LogP contribution >= 0.6 is 0 Å². The SMILES string of the molecule is Cc1cc(C)cc(C(=O)N2CC[C@H](N)C[C@@]2(Cc2ccc(C(F)(F)F)cc2)Cc2ccnc3ccccc23)c1. The first-order chi connectivity index (χ1) is 18.5. The van der Waals surface area contributed by atoms with Crippen molar-refractivity contribution in [1.29, 1.82) is 0 Å². The van der Waals surface area contributed by atoms with Crippen LogP contribution in [0.3, 0.4) is 0 Å². The molecule has 0 bridgehead atoms. The second kappa shape index (κ2) is 10.5. The van der Waals surface area contributed by atoms with Gasteiger partial charge in [-0.1, -0.05) is 47.5 Å². The molecule has 5 rings (SSSR count). The number of halogens is 3. The number of nitrogens with two attached hydrogens (primary N) is 1. The zero-order chi connectivity index (χ0) is 27.8. The predicted molar refractivity (Wildman–Crippen MR) is 147 cm³/mol. The number of para-hydroxylation sites is 1. The van der Waals surface area contributed by atoms with Gasteiger partial charge in [0.1, 0.15) is 0 Å². The Balaban J connectivity index is 1.62. The van der Waals surface area contributed by atoms with Crippen molar-refractivity contribution >= 4 is 16.8 Å². The van der Waals surface area contributed by atoms with Crippen molar-refractivity contribution < 1.29 is 18.0 Å². The molecule has 1 fully saturated rings. The Labute approximate surface area is 226 Å². The number of carbonyl (C=O) groups is 1. The van der Waals surface area contributed by atoms with Gasteiger partial charge in [0.2, 0.25) is 0 Å². The maximum Gasteiger partial charge on any atom is 0.416 e. The molecule has 1 amide bonds. The van der Waals surface area contributed by atoms with Gasteiger partial charge in [-0.25, -0.2) is 0 Å². The number of fused-ring (bicyclic) bond motifs is 1. The van der Waals surface area contributed by atoms with Crippen LogP contribution in [0.15, 0.2) is 79.0 Å². The van der Waals surface area contributed by atoms with Gasteiger partial charge in [0.05, 0.1) is 16.6 Å². The van der Waals surface area contributed by atoms with Crippen LogP contribution in [0.5, 0.6) is 0 Å². The summed E-state index contributed by atoms with van der Waals surface area (Å²) in [5.41, 5.74) is 10.4. The van der Waals surface area contributed by atoms with Gasteiger partial charge < -0.3 is 10.6 Å². The van der Waals surface area contributed by atoms with E-state index in [4.69, 9.17) is 5.73 Å². The van der Waals surface area contributed by atoms with Crippen LogP contribution in [0.25, 0.3) is 10.9 Å². The predicted octanol–water partition coefficient (Wildman–Crippen LogP) is 6.66. The van der Waals surface area contributed by atoms with Gasteiger partial charge in [0.25, 0.3) is 5.91 Å². The van der Waals surface area contributed by atoms with Crippen molar-refractivity contribution in [2.24, 2.45) is 5.73 Å². The highest BCUT2D eigenvalue weighted by molar-refractivity contribution is 5.95. The van der Waals surface area contributed by atoms with E-state index in [1.807, 2.05) is 67.3 Å². The first-order valence-electron chi connectivity index (χ1n) is 13.2. The molecule has 1 aliphatic heterocycles. The number of carbonyl (C=O) groups excluding carboxylic acids is 1. The molecule has 2 N–H and O–H groups in total. The number of hydrogen-bond acceptors (Lipinski definition) is 3. The first kappa shape index (κ1) is 26.9. The Kier molecular flexibility index (Phi) is 7.21. The van der Waals surface area contributed by atoms with Crippen LogP contribution < -0.4 is 5.73 Å². The minimum Gasteiger partial charge on any atom is -0.332 e. The van der Waals surface area contributed by atoms with E-state index < -0.39 is 17.3 Å². The quantitative estimate of drug-likeness (QED) is 0.313. The third-order valence-corrected chi connectivity index (χ3v) is 7.73. The Morgan fingerprint density at radius 3 is 2.38 bits per heavy atom. The van der Waals surface area contributed by atoms with Crippen LogP contribution in [-0.2, 0) is 19.0 Å². The molecule has 1 saturated heterocycles. The van der Waals surface area contributed by atoms with Gasteiger partial charge in [-0.05, 0) is 87.1 Å². The lowest BCUT2D eigenvalue weighted by Gasteiger charge is -2.50. The third-order valence-electron chi connectivity index (χ3n) is 7.73. The van der Waals surface area contributed by atoms with Crippen LogP contribution in [-0.4, -0.2) is 33.9 Å². The summed E-state index contributed by atoms with van der Waals surface area (Å²) in [5, 5.41) is 0.990. The Hall–Kier alpha value is -3.71. The van der Waals surface area contributed by atoms with E-state index in [0.717, 1.165) is 45.3 Å². The van der Waals surface area contributed by atoms with Gasteiger partial charge in [-0.15, -0.1) is 0 Å². The maximum atomic E-state index is 14.2. The van der Waals surface area contributed by atoms with Gasteiger partial charge in [-0.2, -0.15) is 13.2 Å². The lowest BCUT2D eigenvalue weighted by atomic mass is 9.74. The number of alkyl halides is 3. The molecule has 0 spiro atoms. The number of rotatable bonds is 5. The lowest BCUT2D eigenvalue weighted by Crippen LogP contribution is -2.61. The molecule has 3 aromatic carbocycles. The molecular weight excluding hydrogens is 499 g/mol. The van der Waals surface area contributed by atoms with Crippen molar-refractivity contribution in [1.82, 2.24) is 9.88 Å². The summed E-state index contributed by atoms with van der Waals surface area (Å²) < 4.78 is 39.9. The number of benzene rings is 3. The zero-order valence-electron chi connectivity index (χ0n) is 22.1. The molecule has 2 heterocycles. The highest BCUT2D eigenvalue weighted by atomic mass is 19.4. The molecular formula is C32H32F3N3O. The van der Waals surface area contributed by atoms with Crippen LogP contribution in [0.2, 0.25) is 0 Å². The van der Waals surface area contributed by atoms with Crippen molar-refractivity contribution in [3.63, 3.8) is 0 Å². The number of pyridine rings is 1. The van der Waals surface area contributed by atoms with E-state index in [2.05, 4.69) is 4.98 Å². The van der Waals surface area contributed by atoms with Gasteiger partial charge in [0.15, 0.2) is 0 Å². The maximum absolute atomic E-state index is 14.2. The summed E-state index contributed by atoms with van der Waals surface area (Å²) in [6, 6.07) is 20.8. The van der Waals surface area contributed by atoms with E-state index in [9.17, 15) is 18.0 Å². The Bertz CT molecular complexity index is 1470. The second-order valence-electron chi connectivity index (χ2n) is 10.8. The summed E-state index contributed by atoms with van der Waals surface area (Å²) in [6.07, 6.45) is -0.580. The third kappa shape index (κ3) is 5.69. The van der Waals surface area contributed by atoms with Crippen molar-refractivity contribution in [2.45, 2.75) is 57.3 Å². The van der Waals surface area contributed by atoms with E-state index >= 15 is 0 Å². The summed E-state index contributed by atoms with van der Waals surface area (Å²) in [5.74, 6) is -0.0843. The lowest BCUT2D eigenvalue weighted by molar-refractivity contribution is -0.137. The van der Waals surface area contributed by atoms with Gasteiger partial charge in [0, 0.05) is 29.7 Å². The number of aromatic nitrogens is 1. The number of likely N-dealkylation sites (tertiary alicyclic amines) is 1. The van der Waals surface area contributed by atoms with E-state index in [-0.39, 0.29) is 11.9 Å². The topological polar surface area (TPSA) is 59.2 Å². The molecule has 4 aromatic rings. The zero-order valence-corrected chi connectivity index (χ0v) is 22.1. The van der Waals surface area contributed by atoms with Crippen LogP contribution in [0.4, 0.5) is 13.2 Å². The monoisotopic (exact) mass is 531 g/mol. The summed E-state index contributed by atoms with van der Waals surface area (Å²) >= 11 is 0. The Morgan fingerprint density at radius 2 is 1.69 bits per heavy atom. The fraction of sp³-hybridized carbons (Fsp3) is 0.312. The van der Waals surface area contributed by atoms with Crippen molar-refractivity contribution in [3.05, 3.63) is 112 Å². The first-order valence-corrected chi connectivity index (χ1v) is 13.2. The molecule has 39 heavy (non-hydrogen) atoms. The van der Waals surface area contributed by atoms with Crippen LogP contribution in [0.1, 0.15) is 51.0 Å². The number of hydrogen-bond donors (Lipinski definition) is 1. The molecule has 0 saturated carbocycles. The average molecular weight is 532 g/mol. The number of nitrogens with zero attached hydrogens (tertiary/aromatic N) is 2. The smallest absolute Gasteiger partial charge is 0.332 e. The highest BCUT2D eigenvalue weighted by Crippen LogP contribution is 2.38. The molecule has 202 valence electrons. The molecule has 1 aromatic heterocycles. The van der Waals surface area contributed by atoms with Gasteiger partial charge in [-0.3, -0.25) is 9.78 Å². The Morgan fingerprint density at radius 1 is 1.00 bits per heavy atom. The van der Waals surface area contributed by atoms with E-state index in [0.29, 0.717) is 37.8 Å². The summed E-state index contributed by atoms with van der Waals surface area (Å²) in [4.78, 5) is 20.6. The normalized spacial score (nSPS) is 19.8.